The number of aliphatic hydroxyl groups excluding tert-OH is 1. The standard InChI is InChI=1S/C6H10O2/c1-2-8-6-4-3-5-7/h2-4,7H,1,5-6H2/b4-3-. The summed E-state index contributed by atoms with van der Waals surface area (Å²) in [5.74, 6) is 0. The largest absolute Gasteiger partial charge is 0.498 e. The first-order chi connectivity index (χ1) is 3.91. The number of rotatable bonds is 4. The predicted molar refractivity (Wildman–Crippen MR) is 32.4 cm³/mol. The molecule has 0 aliphatic heterocycles. The van der Waals surface area contributed by atoms with Crippen LogP contribution in [0.5, 0.6) is 0 Å². The Morgan fingerprint density at radius 3 is 2.75 bits per heavy atom. The van der Waals surface area contributed by atoms with Gasteiger partial charge in [-0.1, -0.05) is 12.7 Å². The molecule has 0 aromatic heterocycles. The van der Waals surface area contributed by atoms with Gasteiger partial charge in [-0.15, -0.1) is 0 Å². The molecule has 0 aliphatic rings. The van der Waals surface area contributed by atoms with Gasteiger partial charge in [-0.3, -0.25) is 0 Å². The van der Waals surface area contributed by atoms with Crippen molar-refractivity contribution < 1.29 is 9.84 Å². The van der Waals surface area contributed by atoms with Crippen molar-refractivity contribution in [1.82, 2.24) is 0 Å². The van der Waals surface area contributed by atoms with E-state index in [9.17, 15) is 0 Å². The average Bonchev–Trinajstić information content (AvgIpc) is 1.81. The van der Waals surface area contributed by atoms with Crippen molar-refractivity contribution in [3.63, 3.8) is 0 Å². The zero-order valence-corrected chi connectivity index (χ0v) is 4.71. The molecule has 0 saturated heterocycles. The van der Waals surface area contributed by atoms with Gasteiger partial charge in [0.05, 0.1) is 12.9 Å². The lowest BCUT2D eigenvalue weighted by molar-refractivity contribution is 0.288. The number of hydrogen-bond donors (Lipinski definition) is 1. The first-order valence-electron chi connectivity index (χ1n) is 2.40. The molecule has 0 fully saturated rings. The monoisotopic (exact) mass is 114 g/mol. The lowest BCUT2D eigenvalue weighted by Gasteiger charge is -1.89. The minimum absolute atomic E-state index is 0.0699. The normalized spacial score (nSPS) is 9.62. The zero-order valence-electron chi connectivity index (χ0n) is 4.71. The molecule has 0 amide bonds. The minimum atomic E-state index is 0.0699. The van der Waals surface area contributed by atoms with Gasteiger partial charge in [0, 0.05) is 0 Å². The topological polar surface area (TPSA) is 29.5 Å². The summed E-state index contributed by atoms with van der Waals surface area (Å²) in [7, 11) is 0. The van der Waals surface area contributed by atoms with Crippen LogP contribution in [0.1, 0.15) is 0 Å². The second-order valence-electron chi connectivity index (χ2n) is 1.15. The van der Waals surface area contributed by atoms with Gasteiger partial charge in [0.2, 0.25) is 0 Å². The van der Waals surface area contributed by atoms with Gasteiger partial charge < -0.3 is 9.84 Å². The maximum Gasteiger partial charge on any atom is 0.106 e. The van der Waals surface area contributed by atoms with Crippen molar-refractivity contribution in [1.29, 1.82) is 0 Å². The van der Waals surface area contributed by atoms with Crippen LogP contribution < -0.4 is 0 Å². The van der Waals surface area contributed by atoms with Crippen LogP contribution in [0.25, 0.3) is 0 Å². The summed E-state index contributed by atoms with van der Waals surface area (Å²) in [5, 5.41) is 8.20. The smallest absolute Gasteiger partial charge is 0.106 e. The van der Waals surface area contributed by atoms with Gasteiger partial charge in [-0.2, -0.15) is 0 Å². The second kappa shape index (κ2) is 6.24. The molecule has 0 atom stereocenters. The van der Waals surface area contributed by atoms with E-state index in [0.29, 0.717) is 6.61 Å². The lowest BCUT2D eigenvalue weighted by Crippen LogP contribution is -1.80. The van der Waals surface area contributed by atoms with Gasteiger partial charge in [0.25, 0.3) is 0 Å². The second-order valence-corrected chi connectivity index (χ2v) is 1.15. The summed E-state index contributed by atoms with van der Waals surface area (Å²) in [6, 6.07) is 0. The molecule has 0 saturated carbocycles. The van der Waals surface area contributed by atoms with Crippen LogP contribution in [0.3, 0.4) is 0 Å². The van der Waals surface area contributed by atoms with Crippen molar-refractivity contribution in [3.05, 3.63) is 25.0 Å². The van der Waals surface area contributed by atoms with E-state index in [1.165, 1.54) is 6.26 Å². The highest BCUT2D eigenvalue weighted by Gasteiger charge is 1.68. The average molecular weight is 114 g/mol. The number of ether oxygens (including phenoxy) is 1. The Balaban J connectivity index is 2.90. The fourth-order valence-corrected chi connectivity index (χ4v) is 0.266. The molecule has 0 rings (SSSR count). The Morgan fingerprint density at radius 1 is 1.50 bits per heavy atom. The quantitative estimate of drug-likeness (QED) is 0.331. The summed E-state index contributed by atoms with van der Waals surface area (Å²) in [6.07, 6.45) is 4.70. The zero-order chi connectivity index (χ0) is 6.24. The van der Waals surface area contributed by atoms with Gasteiger partial charge in [-0.25, -0.2) is 0 Å². The van der Waals surface area contributed by atoms with E-state index in [-0.39, 0.29) is 6.61 Å². The Labute approximate surface area is 49.1 Å². The van der Waals surface area contributed by atoms with Crippen LogP contribution in [0.4, 0.5) is 0 Å². The van der Waals surface area contributed by atoms with Crippen molar-refractivity contribution in [3.8, 4) is 0 Å². The molecule has 8 heavy (non-hydrogen) atoms. The molecule has 0 radical (unpaired) electrons. The summed E-state index contributed by atoms with van der Waals surface area (Å²) in [6.45, 7) is 3.90. The highest BCUT2D eigenvalue weighted by Crippen LogP contribution is 1.75. The fraction of sp³-hybridized carbons (Fsp3) is 0.333. The molecule has 0 aliphatic carbocycles. The third-order valence-electron chi connectivity index (χ3n) is 0.582. The summed E-state index contributed by atoms with van der Waals surface area (Å²) in [5.41, 5.74) is 0. The first kappa shape index (κ1) is 7.24. The van der Waals surface area contributed by atoms with Crippen molar-refractivity contribution in [2.75, 3.05) is 13.2 Å². The molecule has 0 unspecified atom stereocenters. The molecule has 0 bridgehead atoms. The fourth-order valence-electron chi connectivity index (χ4n) is 0.266. The molecular weight excluding hydrogens is 104 g/mol. The molecule has 46 valence electrons. The van der Waals surface area contributed by atoms with Crippen LogP contribution in [0, 0.1) is 0 Å². The highest BCUT2D eigenvalue weighted by atomic mass is 16.5. The SMILES string of the molecule is C=COC/C=C\CO. The molecule has 0 aromatic carbocycles. The van der Waals surface area contributed by atoms with E-state index < -0.39 is 0 Å². The maximum atomic E-state index is 8.20. The molecular formula is C6H10O2. The van der Waals surface area contributed by atoms with Crippen LogP contribution in [0.2, 0.25) is 0 Å². The van der Waals surface area contributed by atoms with Crippen LogP contribution >= 0.6 is 0 Å². The van der Waals surface area contributed by atoms with Crippen molar-refractivity contribution in [2.45, 2.75) is 0 Å². The molecule has 0 spiro atoms. The molecule has 2 nitrogen and oxygen atoms in total. The van der Waals surface area contributed by atoms with Gasteiger partial charge in [-0.05, 0) is 6.08 Å². The lowest BCUT2D eigenvalue weighted by atomic mass is 10.5. The third-order valence-corrected chi connectivity index (χ3v) is 0.582. The van der Waals surface area contributed by atoms with E-state index in [2.05, 4.69) is 6.58 Å². The Kier molecular flexibility index (Phi) is 5.65. The van der Waals surface area contributed by atoms with Crippen molar-refractivity contribution >= 4 is 0 Å². The third kappa shape index (κ3) is 5.24. The van der Waals surface area contributed by atoms with E-state index in [1.54, 1.807) is 12.2 Å². The highest BCUT2D eigenvalue weighted by molar-refractivity contribution is 4.80. The number of aliphatic hydroxyl groups is 1. The first-order valence-corrected chi connectivity index (χ1v) is 2.40. The van der Waals surface area contributed by atoms with E-state index in [1.807, 2.05) is 0 Å². The predicted octanol–water partition coefficient (Wildman–Crippen LogP) is 0.695. The molecule has 1 N–H and O–H groups in total. The van der Waals surface area contributed by atoms with Crippen LogP contribution in [-0.4, -0.2) is 18.3 Å². The maximum absolute atomic E-state index is 8.20. The summed E-state index contributed by atoms with van der Waals surface area (Å²) >= 11 is 0. The van der Waals surface area contributed by atoms with E-state index >= 15 is 0 Å². The van der Waals surface area contributed by atoms with E-state index in [0.717, 1.165) is 0 Å². The minimum Gasteiger partial charge on any atom is -0.498 e. The van der Waals surface area contributed by atoms with Gasteiger partial charge in [0.1, 0.15) is 6.61 Å². The molecule has 0 heterocycles. The number of hydrogen-bond acceptors (Lipinski definition) is 2. The van der Waals surface area contributed by atoms with Crippen LogP contribution in [0.15, 0.2) is 25.0 Å². The van der Waals surface area contributed by atoms with Gasteiger partial charge >= 0.3 is 0 Å². The van der Waals surface area contributed by atoms with Crippen molar-refractivity contribution in [2.24, 2.45) is 0 Å². The Hall–Kier alpha value is -0.760. The molecule has 2 heteroatoms. The van der Waals surface area contributed by atoms with Gasteiger partial charge in [0.15, 0.2) is 0 Å². The summed E-state index contributed by atoms with van der Waals surface area (Å²) in [4.78, 5) is 0. The Morgan fingerprint density at radius 2 is 2.25 bits per heavy atom. The summed E-state index contributed by atoms with van der Waals surface area (Å²) < 4.78 is 4.70. The Bertz CT molecular complexity index is 76.6. The molecule has 0 aromatic rings. The van der Waals surface area contributed by atoms with Crippen LogP contribution in [-0.2, 0) is 4.74 Å². The van der Waals surface area contributed by atoms with E-state index in [4.69, 9.17) is 9.84 Å².